The Hall–Kier alpha value is -3.78. The number of likely N-dealkylation sites (N-methyl/N-ethyl adjacent to an activating group) is 1. The minimum absolute atomic E-state index is 0.00870. The zero-order valence-corrected chi connectivity index (χ0v) is 21.3. The first-order chi connectivity index (χ1) is 17.8. The highest BCUT2D eigenvalue weighted by Crippen LogP contribution is 2.42. The van der Waals surface area contributed by atoms with E-state index in [0.29, 0.717) is 53.2 Å². The van der Waals surface area contributed by atoms with Crippen LogP contribution in [-0.4, -0.2) is 59.3 Å². The predicted octanol–water partition coefficient (Wildman–Crippen LogP) is 5.10. The number of H-pyrrole nitrogens is 1. The summed E-state index contributed by atoms with van der Waals surface area (Å²) < 4.78 is 28.7. The van der Waals surface area contributed by atoms with Crippen LogP contribution >= 0.6 is 0 Å². The van der Waals surface area contributed by atoms with Crippen LogP contribution in [0.15, 0.2) is 36.4 Å². The van der Waals surface area contributed by atoms with Gasteiger partial charge in [-0.15, -0.1) is 0 Å². The number of aromatic nitrogens is 1. The number of halogens is 2. The molecular weight excluding hydrogens is 474 g/mol. The van der Waals surface area contributed by atoms with Crippen molar-refractivity contribution in [3.63, 3.8) is 0 Å². The van der Waals surface area contributed by atoms with E-state index in [0.717, 1.165) is 37.0 Å². The normalized spacial score (nSPS) is 15.9. The summed E-state index contributed by atoms with van der Waals surface area (Å²) in [4.78, 5) is 33.9. The average molecular weight is 505 g/mol. The second kappa shape index (κ2) is 9.94. The number of rotatable bonds is 7. The maximum atomic E-state index is 14.7. The quantitative estimate of drug-likeness (QED) is 0.440. The Balaban J connectivity index is 1.52. The molecule has 1 aromatic heterocycles. The third-order valence-corrected chi connectivity index (χ3v) is 7.44. The van der Waals surface area contributed by atoms with E-state index in [-0.39, 0.29) is 17.4 Å². The maximum absolute atomic E-state index is 14.7. The molecule has 0 fully saturated rings. The summed E-state index contributed by atoms with van der Waals surface area (Å²) in [6, 6.07) is 9.12. The molecule has 0 saturated heterocycles. The van der Waals surface area contributed by atoms with Gasteiger partial charge in [-0.25, -0.2) is 8.78 Å². The number of hydrogen-bond donors (Lipinski definition) is 2. The van der Waals surface area contributed by atoms with Crippen molar-refractivity contribution in [3.8, 4) is 11.1 Å². The summed E-state index contributed by atoms with van der Waals surface area (Å²) >= 11 is 0. The number of benzene rings is 2. The highest BCUT2D eigenvalue weighted by Gasteiger charge is 2.32. The Morgan fingerprint density at radius 2 is 1.76 bits per heavy atom. The van der Waals surface area contributed by atoms with Crippen molar-refractivity contribution in [2.45, 2.75) is 27.2 Å². The van der Waals surface area contributed by atoms with Gasteiger partial charge in [0.15, 0.2) is 11.6 Å². The highest BCUT2D eigenvalue weighted by atomic mass is 19.2. The van der Waals surface area contributed by atoms with Crippen LogP contribution in [0.25, 0.3) is 22.8 Å². The zero-order chi connectivity index (χ0) is 26.3. The fraction of sp³-hybridized carbons (Fsp3) is 0.310. The monoisotopic (exact) mass is 504 g/mol. The summed E-state index contributed by atoms with van der Waals surface area (Å²) in [5.74, 6) is -2.25. The fourth-order valence-corrected chi connectivity index (χ4v) is 5.29. The van der Waals surface area contributed by atoms with Crippen LogP contribution in [0.2, 0.25) is 0 Å². The molecule has 6 nitrogen and oxygen atoms in total. The molecule has 0 unspecified atom stereocenters. The Morgan fingerprint density at radius 3 is 2.51 bits per heavy atom. The minimum Gasteiger partial charge on any atom is -0.358 e. The Labute approximate surface area is 215 Å². The maximum Gasteiger partial charge on any atom is 0.256 e. The highest BCUT2D eigenvalue weighted by molar-refractivity contribution is 6.36. The van der Waals surface area contributed by atoms with E-state index in [2.05, 4.69) is 29.0 Å². The van der Waals surface area contributed by atoms with E-state index < -0.39 is 11.6 Å². The molecule has 3 aromatic rings. The van der Waals surface area contributed by atoms with Gasteiger partial charge < -0.3 is 20.1 Å². The molecule has 37 heavy (non-hydrogen) atoms. The number of nitrogens with zero attached hydrogens (tertiary/aromatic N) is 2. The first-order valence-corrected chi connectivity index (χ1v) is 12.7. The zero-order valence-electron chi connectivity index (χ0n) is 21.3. The van der Waals surface area contributed by atoms with Gasteiger partial charge in [0.05, 0.1) is 11.1 Å². The van der Waals surface area contributed by atoms with Gasteiger partial charge in [-0.2, -0.15) is 0 Å². The molecule has 2 N–H and O–H groups in total. The van der Waals surface area contributed by atoms with Gasteiger partial charge in [0.2, 0.25) is 0 Å². The molecule has 5 rings (SSSR count). The Bertz CT molecular complexity index is 1420. The third kappa shape index (κ3) is 4.35. The lowest BCUT2D eigenvalue weighted by atomic mass is 9.93. The molecular formula is C29H30F2N4O2. The minimum atomic E-state index is -0.962. The lowest BCUT2D eigenvalue weighted by molar-refractivity contribution is -0.110. The summed E-state index contributed by atoms with van der Waals surface area (Å²) in [5.41, 5.74) is 4.83. The van der Waals surface area contributed by atoms with Crippen molar-refractivity contribution in [3.05, 3.63) is 76.1 Å². The van der Waals surface area contributed by atoms with Crippen LogP contribution < -0.4 is 5.32 Å². The van der Waals surface area contributed by atoms with Gasteiger partial charge in [-0.1, -0.05) is 38.1 Å². The van der Waals surface area contributed by atoms with Gasteiger partial charge in [0.1, 0.15) is 0 Å². The van der Waals surface area contributed by atoms with Gasteiger partial charge >= 0.3 is 0 Å². The van der Waals surface area contributed by atoms with E-state index in [1.807, 2.05) is 11.8 Å². The molecule has 0 spiro atoms. The summed E-state index contributed by atoms with van der Waals surface area (Å²) in [6.07, 6.45) is 2.41. The molecule has 8 heteroatoms. The van der Waals surface area contributed by atoms with Crippen LogP contribution in [-0.2, 0) is 11.2 Å². The second-order valence-electron chi connectivity index (χ2n) is 9.43. The lowest BCUT2D eigenvalue weighted by Gasteiger charge is -2.29. The molecule has 2 aliphatic rings. The largest absolute Gasteiger partial charge is 0.358 e. The van der Waals surface area contributed by atoms with Crippen LogP contribution in [0.5, 0.6) is 0 Å². The number of fused-ring (bicyclic) bond motifs is 2. The standard InChI is InChI=1S/C29H30F2N4O2/c1-4-34(5-2)14-15-35-13-12-23-25(29(35)37)17(3)24(32-23)16-20-26-18(8-7-11-22(26)33-28(20)36)19-9-6-10-21(30)27(19)31/h6-11,16,32H,4-5,12-15H2,1-3H3,(H,33,36). The van der Waals surface area contributed by atoms with Crippen LogP contribution in [0.4, 0.5) is 14.5 Å². The number of nitrogens with one attached hydrogen (secondary N) is 2. The number of aromatic amines is 1. The van der Waals surface area contributed by atoms with Crippen molar-refractivity contribution in [1.82, 2.24) is 14.8 Å². The molecule has 192 valence electrons. The van der Waals surface area contributed by atoms with Crippen molar-refractivity contribution in [2.75, 3.05) is 38.0 Å². The van der Waals surface area contributed by atoms with Crippen LogP contribution in [0.1, 0.15) is 46.7 Å². The van der Waals surface area contributed by atoms with E-state index in [9.17, 15) is 18.4 Å². The van der Waals surface area contributed by atoms with Crippen molar-refractivity contribution in [2.24, 2.45) is 0 Å². The molecule has 0 bridgehead atoms. The van der Waals surface area contributed by atoms with E-state index >= 15 is 0 Å². The van der Waals surface area contributed by atoms with Gasteiger partial charge in [0, 0.05) is 54.3 Å². The number of carbonyl (C=O) groups excluding carboxylic acids is 2. The van der Waals surface area contributed by atoms with Crippen LogP contribution in [0.3, 0.4) is 0 Å². The number of anilines is 1. The van der Waals surface area contributed by atoms with Gasteiger partial charge in [-0.3, -0.25) is 9.59 Å². The lowest BCUT2D eigenvalue weighted by Crippen LogP contribution is -2.42. The summed E-state index contributed by atoms with van der Waals surface area (Å²) in [7, 11) is 0. The third-order valence-electron chi connectivity index (χ3n) is 7.44. The predicted molar refractivity (Wildman–Crippen MR) is 141 cm³/mol. The van der Waals surface area contributed by atoms with E-state index in [1.165, 1.54) is 12.1 Å². The van der Waals surface area contributed by atoms with Crippen molar-refractivity contribution in [1.29, 1.82) is 0 Å². The molecule has 2 amide bonds. The smallest absolute Gasteiger partial charge is 0.256 e. The second-order valence-corrected chi connectivity index (χ2v) is 9.43. The number of hydrogen-bond acceptors (Lipinski definition) is 3. The molecule has 2 aromatic carbocycles. The van der Waals surface area contributed by atoms with Crippen molar-refractivity contribution < 1.29 is 18.4 Å². The van der Waals surface area contributed by atoms with Crippen LogP contribution in [0, 0.1) is 18.6 Å². The van der Waals surface area contributed by atoms with Crippen molar-refractivity contribution >= 4 is 29.2 Å². The molecule has 0 radical (unpaired) electrons. The average Bonchev–Trinajstić information content (AvgIpc) is 3.39. The summed E-state index contributed by atoms with van der Waals surface area (Å²) in [5, 5.41) is 2.83. The number of amides is 2. The van der Waals surface area contributed by atoms with Gasteiger partial charge in [-0.05, 0) is 49.3 Å². The van der Waals surface area contributed by atoms with E-state index in [4.69, 9.17) is 0 Å². The summed E-state index contributed by atoms with van der Waals surface area (Å²) in [6.45, 7) is 10.1. The molecule has 0 aliphatic carbocycles. The first kappa shape index (κ1) is 24.9. The van der Waals surface area contributed by atoms with E-state index in [1.54, 1.807) is 24.3 Å². The molecule has 0 saturated carbocycles. The number of carbonyl (C=O) groups is 2. The molecule has 0 atom stereocenters. The fourth-order valence-electron chi connectivity index (χ4n) is 5.29. The topological polar surface area (TPSA) is 68.4 Å². The Morgan fingerprint density at radius 1 is 1.03 bits per heavy atom. The SMILES string of the molecule is CCN(CC)CCN1CCc2[nH]c(C=C3C(=O)Nc4cccc(-c5cccc(F)c5F)c43)c(C)c2C1=O. The Kier molecular flexibility index (Phi) is 6.69. The van der Waals surface area contributed by atoms with Gasteiger partial charge in [0.25, 0.3) is 11.8 Å². The molecule has 2 aliphatic heterocycles. The first-order valence-electron chi connectivity index (χ1n) is 12.7. The molecule has 3 heterocycles.